The van der Waals surface area contributed by atoms with Crippen LogP contribution in [-0.4, -0.2) is 30.4 Å². The van der Waals surface area contributed by atoms with Crippen LogP contribution in [0, 0.1) is 11.7 Å². The second-order valence-corrected chi connectivity index (χ2v) is 5.49. The molecule has 112 valence electrons. The van der Waals surface area contributed by atoms with Gasteiger partial charge in [0, 0.05) is 19.0 Å². The first-order chi connectivity index (χ1) is 9.31. The van der Waals surface area contributed by atoms with Gasteiger partial charge in [0.1, 0.15) is 5.82 Å². The standard InChI is InChI=1S/C15H24FN3O/c1-10(2)11(3)19(4)8-7-15(20)18-14-6-5-12(16)9-13(14)17/h5-6,9-11H,7-8,17H2,1-4H3,(H,18,20). The molecule has 0 fully saturated rings. The molecule has 0 aliphatic heterocycles. The second kappa shape index (κ2) is 7.24. The van der Waals surface area contributed by atoms with Gasteiger partial charge in [0.15, 0.2) is 0 Å². The molecule has 0 aliphatic carbocycles. The molecule has 0 saturated heterocycles. The van der Waals surface area contributed by atoms with Gasteiger partial charge in [-0.25, -0.2) is 4.39 Å². The van der Waals surface area contributed by atoms with Crippen LogP contribution in [0.3, 0.4) is 0 Å². The number of halogens is 1. The fourth-order valence-corrected chi connectivity index (χ4v) is 1.85. The van der Waals surface area contributed by atoms with Gasteiger partial charge in [-0.05, 0) is 38.1 Å². The van der Waals surface area contributed by atoms with Gasteiger partial charge in [-0.15, -0.1) is 0 Å². The highest BCUT2D eigenvalue weighted by molar-refractivity contribution is 5.93. The van der Waals surface area contributed by atoms with Crippen LogP contribution in [0.1, 0.15) is 27.2 Å². The van der Waals surface area contributed by atoms with Gasteiger partial charge in [-0.1, -0.05) is 13.8 Å². The Labute approximate surface area is 120 Å². The van der Waals surface area contributed by atoms with Crippen LogP contribution in [-0.2, 0) is 4.79 Å². The van der Waals surface area contributed by atoms with Crippen LogP contribution in [0.25, 0.3) is 0 Å². The van der Waals surface area contributed by atoms with Crippen molar-refractivity contribution in [3.8, 4) is 0 Å². The molecule has 1 rings (SSSR count). The number of anilines is 2. The van der Waals surface area contributed by atoms with E-state index in [4.69, 9.17) is 5.73 Å². The zero-order chi connectivity index (χ0) is 15.3. The lowest BCUT2D eigenvalue weighted by Gasteiger charge is -2.27. The van der Waals surface area contributed by atoms with E-state index < -0.39 is 5.82 Å². The molecule has 0 heterocycles. The average molecular weight is 281 g/mol. The van der Waals surface area contributed by atoms with Crippen molar-refractivity contribution in [2.45, 2.75) is 33.2 Å². The summed E-state index contributed by atoms with van der Waals surface area (Å²) < 4.78 is 12.9. The molecule has 0 aliphatic rings. The average Bonchev–Trinajstić information content (AvgIpc) is 2.38. The Hall–Kier alpha value is -1.62. The predicted octanol–water partition coefficient (Wildman–Crippen LogP) is 2.71. The summed E-state index contributed by atoms with van der Waals surface area (Å²) in [7, 11) is 2.00. The predicted molar refractivity (Wildman–Crippen MR) is 81.0 cm³/mol. The van der Waals surface area contributed by atoms with Gasteiger partial charge in [-0.3, -0.25) is 4.79 Å². The van der Waals surface area contributed by atoms with Crippen LogP contribution < -0.4 is 11.1 Å². The first-order valence-corrected chi connectivity index (χ1v) is 6.86. The third-order valence-corrected chi connectivity index (χ3v) is 3.64. The number of benzene rings is 1. The summed E-state index contributed by atoms with van der Waals surface area (Å²) in [4.78, 5) is 14.0. The smallest absolute Gasteiger partial charge is 0.225 e. The third-order valence-electron chi connectivity index (χ3n) is 3.64. The van der Waals surface area contributed by atoms with Crippen molar-refractivity contribution in [2.24, 2.45) is 5.92 Å². The number of amides is 1. The van der Waals surface area contributed by atoms with Crippen LogP contribution >= 0.6 is 0 Å². The molecule has 1 amide bonds. The molecule has 20 heavy (non-hydrogen) atoms. The van der Waals surface area contributed by atoms with E-state index in [0.29, 0.717) is 30.6 Å². The molecule has 0 bridgehead atoms. The van der Waals surface area contributed by atoms with Crippen LogP contribution in [0.15, 0.2) is 18.2 Å². The molecule has 4 nitrogen and oxygen atoms in total. The molecular weight excluding hydrogens is 257 g/mol. The molecular formula is C15H24FN3O. The molecule has 3 N–H and O–H groups in total. The van der Waals surface area contributed by atoms with E-state index in [1.165, 1.54) is 18.2 Å². The van der Waals surface area contributed by atoms with Crippen molar-refractivity contribution in [2.75, 3.05) is 24.6 Å². The number of hydrogen-bond acceptors (Lipinski definition) is 3. The van der Waals surface area contributed by atoms with Gasteiger partial charge in [0.2, 0.25) is 5.91 Å². The van der Waals surface area contributed by atoms with Crippen molar-refractivity contribution in [3.63, 3.8) is 0 Å². The van der Waals surface area contributed by atoms with Gasteiger partial charge < -0.3 is 16.0 Å². The molecule has 0 radical (unpaired) electrons. The lowest BCUT2D eigenvalue weighted by molar-refractivity contribution is -0.116. The maximum Gasteiger partial charge on any atom is 0.225 e. The first-order valence-electron chi connectivity index (χ1n) is 6.86. The molecule has 0 spiro atoms. The van der Waals surface area contributed by atoms with E-state index in [9.17, 15) is 9.18 Å². The van der Waals surface area contributed by atoms with Gasteiger partial charge in [0.05, 0.1) is 11.4 Å². The van der Waals surface area contributed by atoms with Gasteiger partial charge in [0.25, 0.3) is 0 Å². The maximum atomic E-state index is 12.9. The second-order valence-electron chi connectivity index (χ2n) is 5.49. The SMILES string of the molecule is CC(C)C(C)N(C)CCC(=O)Nc1ccc(F)cc1N. The molecule has 1 atom stereocenters. The minimum Gasteiger partial charge on any atom is -0.397 e. The van der Waals surface area contributed by atoms with E-state index in [0.717, 1.165) is 0 Å². The van der Waals surface area contributed by atoms with E-state index >= 15 is 0 Å². The van der Waals surface area contributed by atoms with Gasteiger partial charge in [-0.2, -0.15) is 0 Å². The number of carbonyl (C=O) groups excluding carboxylic acids is 1. The number of nitrogen functional groups attached to an aromatic ring is 1. The highest BCUT2D eigenvalue weighted by atomic mass is 19.1. The highest BCUT2D eigenvalue weighted by Crippen LogP contribution is 2.19. The monoisotopic (exact) mass is 281 g/mol. The van der Waals surface area contributed by atoms with E-state index in [1.54, 1.807) is 0 Å². The fraction of sp³-hybridized carbons (Fsp3) is 0.533. The van der Waals surface area contributed by atoms with E-state index in [2.05, 4.69) is 31.0 Å². The Morgan fingerprint density at radius 2 is 2.05 bits per heavy atom. The summed E-state index contributed by atoms with van der Waals surface area (Å²) in [5.74, 6) is 0.00732. The summed E-state index contributed by atoms with van der Waals surface area (Å²) in [6.45, 7) is 7.12. The Kier molecular flexibility index (Phi) is 5.95. The summed E-state index contributed by atoms with van der Waals surface area (Å²) in [5.41, 5.74) is 6.34. The van der Waals surface area contributed by atoms with E-state index in [1.807, 2.05) is 7.05 Å². The molecule has 0 aromatic heterocycles. The molecule has 1 aromatic carbocycles. The normalized spacial score (nSPS) is 12.8. The Morgan fingerprint density at radius 1 is 1.40 bits per heavy atom. The zero-order valence-electron chi connectivity index (χ0n) is 12.6. The minimum absolute atomic E-state index is 0.119. The molecule has 5 heteroatoms. The Bertz CT molecular complexity index is 462. The maximum absolute atomic E-state index is 12.9. The van der Waals surface area contributed by atoms with Crippen LogP contribution in [0.4, 0.5) is 15.8 Å². The number of hydrogen-bond donors (Lipinski definition) is 2. The number of nitrogens with zero attached hydrogens (tertiary/aromatic N) is 1. The van der Waals surface area contributed by atoms with Crippen molar-refractivity contribution >= 4 is 17.3 Å². The van der Waals surface area contributed by atoms with Crippen molar-refractivity contribution in [1.29, 1.82) is 0 Å². The third kappa shape index (κ3) is 4.81. The molecule has 1 aromatic rings. The van der Waals surface area contributed by atoms with Crippen LogP contribution in [0.5, 0.6) is 0 Å². The first kappa shape index (κ1) is 16.4. The number of rotatable bonds is 6. The summed E-state index contributed by atoms with van der Waals surface area (Å²) in [6.07, 6.45) is 0.379. The lowest BCUT2D eigenvalue weighted by atomic mass is 10.1. The van der Waals surface area contributed by atoms with Crippen molar-refractivity contribution in [1.82, 2.24) is 4.90 Å². The number of nitrogens with two attached hydrogens (primary N) is 1. The minimum atomic E-state index is -0.411. The summed E-state index contributed by atoms with van der Waals surface area (Å²) >= 11 is 0. The topological polar surface area (TPSA) is 58.4 Å². The summed E-state index contributed by atoms with van der Waals surface area (Å²) in [5, 5.41) is 2.70. The Balaban J connectivity index is 2.48. The molecule has 1 unspecified atom stereocenters. The van der Waals surface area contributed by atoms with Crippen molar-refractivity contribution in [3.05, 3.63) is 24.0 Å². The van der Waals surface area contributed by atoms with Crippen molar-refractivity contribution < 1.29 is 9.18 Å². The quantitative estimate of drug-likeness (QED) is 0.788. The molecule has 0 saturated carbocycles. The lowest BCUT2D eigenvalue weighted by Crippen LogP contribution is -2.35. The highest BCUT2D eigenvalue weighted by Gasteiger charge is 2.14. The number of nitrogens with one attached hydrogen (secondary N) is 1. The van der Waals surface area contributed by atoms with Gasteiger partial charge >= 0.3 is 0 Å². The number of carbonyl (C=O) groups is 1. The summed E-state index contributed by atoms with van der Waals surface area (Å²) in [6, 6.07) is 4.36. The fourth-order valence-electron chi connectivity index (χ4n) is 1.85. The van der Waals surface area contributed by atoms with E-state index in [-0.39, 0.29) is 11.6 Å². The van der Waals surface area contributed by atoms with Crippen LogP contribution in [0.2, 0.25) is 0 Å². The Morgan fingerprint density at radius 3 is 2.60 bits per heavy atom. The zero-order valence-corrected chi connectivity index (χ0v) is 12.6. The largest absolute Gasteiger partial charge is 0.397 e.